The lowest BCUT2D eigenvalue weighted by Crippen LogP contribution is -1.97. The summed E-state index contributed by atoms with van der Waals surface area (Å²) in [4.78, 5) is 0. The third-order valence-electron chi connectivity index (χ3n) is 4.42. The second-order valence-electron chi connectivity index (χ2n) is 6.65. The monoisotopic (exact) mass is 284 g/mol. The Balaban J connectivity index is 2.99. The lowest BCUT2D eigenvalue weighted by molar-refractivity contribution is 0.256. The molecule has 0 aliphatic carbocycles. The number of aliphatic hydroxyl groups excluding tert-OH is 1. The zero-order valence-electron chi connectivity index (χ0n) is 14.3. The predicted octanol–water partition coefficient (Wildman–Crippen LogP) is 6.49. The van der Waals surface area contributed by atoms with Crippen molar-refractivity contribution in [2.75, 3.05) is 6.61 Å². The molecule has 1 unspecified atom stereocenters. The Bertz CT molecular complexity index is 167. The lowest BCUT2D eigenvalue weighted by atomic mass is 9.99. The van der Waals surface area contributed by atoms with Crippen LogP contribution in [0.2, 0.25) is 0 Å². The highest BCUT2D eigenvalue weighted by Gasteiger charge is 2.00. The molecule has 0 amide bonds. The first-order valence-electron chi connectivity index (χ1n) is 9.42. The van der Waals surface area contributed by atoms with Crippen LogP contribution >= 0.6 is 0 Å². The summed E-state index contributed by atoms with van der Waals surface area (Å²) >= 11 is 0. The summed E-state index contributed by atoms with van der Waals surface area (Å²) < 4.78 is 0. The topological polar surface area (TPSA) is 20.2 Å². The summed E-state index contributed by atoms with van der Waals surface area (Å²) in [7, 11) is 0. The molecule has 0 aromatic rings. The molecule has 0 aromatic heterocycles. The van der Waals surface area contributed by atoms with Gasteiger partial charge in [0, 0.05) is 6.61 Å². The van der Waals surface area contributed by atoms with Gasteiger partial charge in [-0.15, -0.1) is 0 Å². The van der Waals surface area contributed by atoms with Crippen LogP contribution in [0, 0.1) is 5.92 Å². The average molecular weight is 285 g/mol. The van der Waals surface area contributed by atoms with E-state index in [2.05, 4.69) is 13.8 Å². The molecule has 1 heteroatoms. The smallest absolute Gasteiger partial charge is 0.0433 e. The highest BCUT2D eigenvalue weighted by Crippen LogP contribution is 2.15. The van der Waals surface area contributed by atoms with E-state index in [0.717, 1.165) is 6.42 Å². The third kappa shape index (κ3) is 16.0. The van der Waals surface area contributed by atoms with Crippen molar-refractivity contribution in [3.8, 4) is 0 Å². The SMILES string of the molecule is CCCCCCCCCCCCCCCC(C)CCO. The van der Waals surface area contributed by atoms with Crippen molar-refractivity contribution in [2.24, 2.45) is 5.92 Å². The second-order valence-corrected chi connectivity index (χ2v) is 6.65. The van der Waals surface area contributed by atoms with Gasteiger partial charge in [-0.3, -0.25) is 0 Å². The van der Waals surface area contributed by atoms with Crippen LogP contribution in [0.25, 0.3) is 0 Å². The molecule has 0 spiro atoms. The van der Waals surface area contributed by atoms with E-state index >= 15 is 0 Å². The number of rotatable bonds is 16. The van der Waals surface area contributed by atoms with Crippen LogP contribution in [0.4, 0.5) is 0 Å². The standard InChI is InChI=1S/C19H40O/c1-3-4-5-6-7-8-9-10-11-12-13-14-15-16-19(2)17-18-20/h19-20H,3-18H2,1-2H3. The number of unbranched alkanes of at least 4 members (excludes halogenated alkanes) is 12. The molecule has 1 N–H and O–H groups in total. The van der Waals surface area contributed by atoms with Crippen molar-refractivity contribution >= 4 is 0 Å². The van der Waals surface area contributed by atoms with Crippen LogP contribution in [0.15, 0.2) is 0 Å². The van der Waals surface area contributed by atoms with Crippen LogP contribution in [0.3, 0.4) is 0 Å². The quantitative estimate of drug-likeness (QED) is 0.321. The van der Waals surface area contributed by atoms with Crippen LogP contribution in [0.1, 0.15) is 110 Å². The Morgan fingerprint density at radius 3 is 1.40 bits per heavy atom. The molecular formula is C19H40O. The third-order valence-corrected chi connectivity index (χ3v) is 4.42. The minimum absolute atomic E-state index is 0.361. The zero-order chi connectivity index (χ0) is 14.9. The van der Waals surface area contributed by atoms with Gasteiger partial charge < -0.3 is 5.11 Å². The van der Waals surface area contributed by atoms with E-state index in [-0.39, 0.29) is 0 Å². The Morgan fingerprint density at radius 1 is 0.600 bits per heavy atom. The van der Waals surface area contributed by atoms with Gasteiger partial charge in [-0.05, 0) is 12.3 Å². The molecule has 0 saturated carbocycles. The molecule has 0 radical (unpaired) electrons. The zero-order valence-corrected chi connectivity index (χ0v) is 14.3. The van der Waals surface area contributed by atoms with E-state index in [9.17, 15) is 0 Å². The highest BCUT2D eigenvalue weighted by atomic mass is 16.3. The highest BCUT2D eigenvalue weighted by molar-refractivity contribution is 4.54. The maximum absolute atomic E-state index is 8.84. The molecule has 0 saturated heterocycles. The largest absolute Gasteiger partial charge is 0.396 e. The molecule has 0 fully saturated rings. The molecule has 20 heavy (non-hydrogen) atoms. The Kier molecular flexibility index (Phi) is 17.0. The maximum Gasteiger partial charge on any atom is 0.0433 e. The fourth-order valence-corrected chi connectivity index (χ4v) is 2.88. The van der Waals surface area contributed by atoms with Gasteiger partial charge in [0.05, 0.1) is 0 Å². The molecule has 1 atom stereocenters. The van der Waals surface area contributed by atoms with E-state index in [0.29, 0.717) is 12.5 Å². The molecule has 0 bridgehead atoms. The van der Waals surface area contributed by atoms with E-state index in [1.165, 1.54) is 89.9 Å². The number of hydrogen-bond acceptors (Lipinski definition) is 1. The molecule has 0 aromatic carbocycles. The Morgan fingerprint density at radius 2 is 1.00 bits per heavy atom. The maximum atomic E-state index is 8.84. The summed E-state index contributed by atoms with van der Waals surface area (Å²) in [6, 6.07) is 0. The molecule has 0 aliphatic heterocycles. The molecule has 0 heterocycles. The Hall–Kier alpha value is -0.0400. The van der Waals surface area contributed by atoms with E-state index in [1.54, 1.807) is 0 Å². The molecule has 0 rings (SSSR count). The Labute approximate surface area is 128 Å². The molecular weight excluding hydrogens is 244 g/mol. The normalized spacial score (nSPS) is 12.8. The van der Waals surface area contributed by atoms with Crippen LogP contribution in [-0.4, -0.2) is 11.7 Å². The fraction of sp³-hybridized carbons (Fsp3) is 1.00. The van der Waals surface area contributed by atoms with Gasteiger partial charge in [0.1, 0.15) is 0 Å². The minimum atomic E-state index is 0.361. The van der Waals surface area contributed by atoms with Crippen molar-refractivity contribution in [3.63, 3.8) is 0 Å². The summed E-state index contributed by atoms with van der Waals surface area (Å²) in [5.41, 5.74) is 0. The van der Waals surface area contributed by atoms with Crippen molar-refractivity contribution in [1.29, 1.82) is 0 Å². The summed E-state index contributed by atoms with van der Waals surface area (Å²) in [5, 5.41) is 8.84. The minimum Gasteiger partial charge on any atom is -0.396 e. The van der Waals surface area contributed by atoms with E-state index < -0.39 is 0 Å². The molecule has 0 aliphatic rings. The van der Waals surface area contributed by atoms with Crippen molar-refractivity contribution in [3.05, 3.63) is 0 Å². The lowest BCUT2D eigenvalue weighted by Gasteiger charge is -2.08. The summed E-state index contributed by atoms with van der Waals surface area (Å²) in [5.74, 6) is 0.715. The van der Waals surface area contributed by atoms with Gasteiger partial charge >= 0.3 is 0 Å². The summed E-state index contributed by atoms with van der Waals surface area (Å²) in [6.07, 6.45) is 20.9. The van der Waals surface area contributed by atoms with Crippen LogP contribution < -0.4 is 0 Å². The van der Waals surface area contributed by atoms with E-state index in [1.807, 2.05) is 0 Å². The van der Waals surface area contributed by atoms with Crippen LogP contribution in [-0.2, 0) is 0 Å². The van der Waals surface area contributed by atoms with Gasteiger partial charge in [-0.1, -0.05) is 104 Å². The molecule has 1 nitrogen and oxygen atoms in total. The number of aliphatic hydroxyl groups is 1. The van der Waals surface area contributed by atoms with E-state index in [4.69, 9.17) is 5.11 Å². The number of hydrogen-bond donors (Lipinski definition) is 1. The van der Waals surface area contributed by atoms with Gasteiger partial charge in [0.15, 0.2) is 0 Å². The van der Waals surface area contributed by atoms with Gasteiger partial charge in [-0.2, -0.15) is 0 Å². The van der Waals surface area contributed by atoms with Crippen molar-refractivity contribution in [2.45, 2.75) is 110 Å². The second kappa shape index (κ2) is 17.0. The van der Waals surface area contributed by atoms with Gasteiger partial charge in [0.2, 0.25) is 0 Å². The molecule has 122 valence electrons. The average Bonchev–Trinajstić information content (AvgIpc) is 2.44. The summed E-state index contributed by atoms with van der Waals surface area (Å²) in [6.45, 7) is 4.91. The van der Waals surface area contributed by atoms with Gasteiger partial charge in [0.25, 0.3) is 0 Å². The van der Waals surface area contributed by atoms with Crippen molar-refractivity contribution < 1.29 is 5.11 Å². The van der Waals surface area contributed by atoms with Gasteiger partial charge in [-0.25, -0.2) is 0 Å². The fourth-order valence-electron chi connectivity index (χ4n) is 2.88. The first kappa shape index (κ1) is 20.0. The predicted molar refractivity (Wildman–Crippen MR) is 91.2 cm³/mol. The van der Waals surface area contributed by atoms with Crippen molar-refractivity contribution in [1.82, 2.24) is 0 Å². The van der Waals surface area contributed by atoms with Crippen LogP contribution in [0.5, 0.6) is 0 Å². The first-order chi connectivity index (χ1) is 9.81. The first-order valence-corrected chi connectivity index (χ1v) is 9.42.